The van der Waals surface area contributed by atoms with Crippen molar-refractivity contribution in [3.05, 3.63) is 30.0 Å². The molecule has 0 radical (unpaired) electrons. The van der Waals surface area contributed by atoms with Crippen molar-refractivity contribution < 1.29 is 12.8 Å². The molecule has 9 heteroatoms. The van der Waals surface area contributed by atoms with Gasteiger partial charge in [-0.25, -0.2) is 18.1 Å². The molecular formula is C11H17N5O3S. The number of furan rings is 1. The first-order valence-corrected chi connectivity index (χ1v) is 7.63. The molecule has 0 aliphatic carbocycles. The van der Waals surface area contributed by atoms with Gasteiger partial charge in [0, 0.05) is 7.05 Å². The Kier molecular flexibility index (Phi) is 4.53. The summed E-state index contributed by atoms with van der Waals surface area (Å²) in [5, 5.41) is 6.94. The van der Waals surface area contributed by atoms with Crippen molar-refractivity contribution in [1.29, 1.82) is 0 Å². The predicted octanol–water partition coefficient (Wildman–Crippen LogP) is -0.00390. The van der Waals surface area contributed by atoms with Crippen LogP contribution in [-0.2, 0) is 30.2 Å². The van der Waals surface area contributed by atoms with Crippen LogP contribution in [0, 0.1) is 0 Å². The molecule has 0 amide bonds. The van der Waals surface area contributed by atoms with Crippen LogP contribution >= 0.6 is 0 Å². The number of sulfonamides is 1. The van der Waals surface area contributed by atoms with Gasteiger partial charge in [0.25, 0.3) is 10.0 Å². The van der Waals surface area contributed by atoms with E-state index in [-0.39, 0.29) is 11.6 Å². The Morgan fingerprint density at radius 3 is 2.80 bits per heavy atom. The fourth-order valence-electron chi connectivity index (χ4n) is 1.54. The van der Waals surface area contributed by atoms with Crippen molar-refractivity contribution in [3.63, 3.8) is 0 Å². The Morgan fingerprint density at radius 1 is 1.35 bits per heavy atom. The van der Waals surface area contributed by atoms with Crippen LogP contribution in [-0.4, -0.2) is 29.7 Å². The highest BCUT2D eigenvalue weighted by molar-refractivity contribution is 7.89. The zero-order valence-electron chi connectivity index (χ0n) is 11.3. The lowest BCUT2D eigenvalue weighted by atomic mass is 10.4. The molecular weight excluding hydrogens is 282 g/mol. The lowest BCUT2D eigenvalue weighted by Gasteiger charge is -2.01. The van der Waals surface area contributed by atoms with E-state index in [1.165, 1.54) is 17.1 Å². The zero-order chi connectivity index (χ0) is 14.6. The number of aromatic nitrogens is 3. The molecule has 2 aromatic rings. The number of nitrogens with one attached hydrogen (secondary N) is 2. The van der Waals surface area contributed by atoms with Crippen LogP contribution in [0.15, 0.2) is 28.0 Å². The quantitative estimate of drug-likeness (QED) is 0.746. The fraction of sp³-hybridized carbons (Fsp3) is 0.455. The SMILES string of the molecule is CCNCc1ccc(S(=O)(=O)NCc2ncn(C)n2)o1. The van der Waals surface area contributed by atoms with E-state index in [0.29, 0.717) is 18.1 Å². The summed E-state index contributed by atoms with van der Waals surface area (Å²) in [7, 11) is -1.97. The Labute approximate surface area is 117 Å². The van der Waals surface area contributed by atoms with E-state index in [9.17, 15) is 8.42 Å². The minimum absolute atomic E-state index is 0.0203. The average Bonchev–Trinajstić information content (AvgIpc) is 3.03. The predicted molar refractivity (Wildman–Crippen MR) is 71.1 cm³/mol. The van der Waals surface area contributed by atoms with Gasteiger partial charge in [0.15, 0.2) is 5.82 Å². The number of aryl methyl sites for hydroxylation is 1. The van der Waals surface area contributed by atoms with Gasteiger partial charge in [-0.05, 0) is 18.7 Å². The third-order valence-corrected chi connectivity index (χ3v) is 3.79. The van der Waals surface area contributed by atoms with E-state index >= 15 is 0 Å². The number of rotatable bonds is 7. The molecule has 2 heterocycles. The van der Waals surface area contributed by atoms with E-state index in [1.54, 1.807) is 13.1 Å². The summed E-state index contributed by atoms with van der Waals surface area (Å²) >= 11 is 0. The van der Waals surface area contributed by atoms with Gasteiger partial charge in [-0.15, -0.1) is 0 Å². The Hall–Kier alpha value is -1.71. The molecule has 20 heavy (non-hydrogen) atoms. The van der Waals surface area contributed by atoms with E-state index < -0.39 is 10.0 Å². The lowest BCUT2D eigenvalue weighted by molar-refractivity contribution is 0.401. The molecule has 0 atom stereocenters. The maximum atomic E-state index is 12.0. The molecule has 0 saturated heterocycles. The van der Waals surface area contributed by atoms with Crippen LogP contribution in [0.25, 0.3) is 0 Å². The van der Waals surface area contributed by atoms with Crippen molar-refractivity contribution in [3.8, 4) is 0 Å². The van der Waals surface area contributed by atoms with Crippen molar-refractivity contribution in [2.24, 2.45) is 7.05 Å². The third-order valence-electron chi connectivity index (χ3n) is 2.52. The monoisotopic (exact) mass is 299 g/mol. The maximum Gasteiger partial charge on any atom is 0.274 e. The summed E-state index contributed by atoms with van der Waals surface area (Å²) < 4.78 is 33.2. The summed E-state index contributed by atoms with van der Waals surface area (Å²) in [6.07, 6.45) is 1.51. The number of hydrogen-bond acceptors (Lipinski definition) is 6. The van der Waals surface area contributed by atoms with Gasteiger partial charge in [0.2, 0.25) is 5.09 Å². The molecule has 2 N–H and O–H groups in total. The van der Waals surface area contributed by atoms with E-state index in [0.717, 1.165) is 6.54 Å². The second-order valence-electron chi connectivity index (χ2n) is 4.16. The molecule has 0 spiro atoms. The molecule has 0 aromatic carbocycles. The molecule has 0 unspecified atom stereocenters. The van der Waals surface area contributed by atoms with E-state index in [1.807, 2.05) is 6.92 Å². The first-order chi connectivity index (χ1) is 9.51. The normalized spacial score (nSPS) is 11.9. The van der Waals surface area contributed by atoms with Gasteiger partial charge >= 0.3 is 0 Å². The van der Waals surface area contributed by atoms with Crippen LogP contribution in [0.1, 0.15) is 18.5 Å². The molecule has 0 saturated carbocycles. The van der Waals surface area contributed by atoms with Crippen molar-refractivity contribution in [2.75, 3.05) is 6.54 Å². The van der Waals surface area contributed by atoms with E-state index in [2.05, 4.69) is 20.1 Å². The van der Waals surface area contributed by atoms with Crippen LogP contribution in [0.3, 0.4) is 0 Å². The number of hydrogen-bond donors (Lipinski definition) is 2. The standard InChI is InChI=1S/C11H17N5O3S/c1-3-12-6-9-4-5-11(19-9)20(17,18)14-7-10-13-8-16(2)15-10/h4-5,8,12,14H,3,6-7H2,1-2H3. The smallest absolute Gasteiger partial charge is 0.274 e. The van der Waals surface area contributed by atoms with Crippen molar-refractivity contribution in [2.45, 2.75) is 25.1 Å². The van der Waals surface area contributed by atoms with Crippen molar-refractivity contribution >= 4 is 10.0 Å². The largest absolute Gasteiger partial charge is 0.447 e. The molecule has 0 aliphatic heterocycles. The topological polar surface area (TPSA) is 102 Å². The molecule has 110 valence electrons. The molecule has 2 rings (SSSR count). The van der Waals surface area contributed by atoms with Crippen LogP contribution in [0.4, 0.5) is 0 Å². The first kappa shape index (κ1) is 14.7. The Morgan fingerprint density at radius 2 is 2.15 bits per heavy atom. The highest BCUT2D eigenvalue weighted by Crippen LogP contribution is 2.13. The summed E-state index contributed by atoms with van der Waals surface area (Å²) in [6, 6.07) is 3.07. The van der Waals surface area contributed by atoms with Gasteiger partial charge in [0.05, 0.1) is 13.1 Å². The highest BCUT2D eigenvalue weighted by atomic mass is 32.2. The van der Waals surface area contributed by atoms with Gasteiger partial charge in [-0.3, -0.25) is 4.68 Å². The highest BCUT2D eigenvalue weighted by Gasteiger charge is 2.19. The van der Waals surface area contributed by atoms with Gasteiger partial charge in [-0.1, -0.05) is 6.92 Å². The Bertz CT molecular complexity index is 661. The maximum absolute atomic E-state index is 12.0. The molecule has 0 fully saturated rings. The molecule has 2 aromatic heterocycles. The van der Waals surface area contributed by atoms with Gasteiger partial charge in [0.1, 0.15) is 12.1 Å². The van der Waals surface area contributed by atoms with Crippen LogP contribution in [0.5, 0.6) is 0 Å². The number of nitrogens with zero attached hydrogens (tertiary/aromatic N) is 3. The lowest BCUT2D eigenvalue weighted by Crippen LogP contribution is -2.23. The second-order valence-corrected chi connectivity index (χ2v) is 5.86. The zero-order valence-corrected chi connectivity index (χ0v) is 12.1. The summed E-state index contributed by atoms with van der Waals surface area (Å²) in [4.78, 5) is 3.94. The fourth-order valence-corrected chi connectivity index (χ4v) is 2.47. The molecule has 0 aliphatic rings. The van der Waals surface area contributed by atoms with Crippen LogP contribution in [0.2, 0.25) is 0 Å². The minimum atomic E-state index is -3.69. The van der Waals surface area contributed by atoms with Crippen LogP contribution < -0.4 is 10.0 Å². The summed E-state index contributed by atoms with van der Waals surface area (Å²) in [6.45, 7) is 3.26. The average molecular weight is 299 g/mol. The minimum Gasteiger partial charge on any atom is -0.447 e. The third kappa shape index (κ3) is 3.65. The summed E-state index contributed by atoms with van der Waals surface area (Å²) in [5.74, 6) is 0.971. The molecule has 8 nitrogen and oxygen atoms in total. The second kappa shape index (κ2) is 6.16. The van der Waals surface area contributed by atoms with Gasteiger partial charge < -0.3 is 9.73 Å². The van der Waals surface area contributed by atoms with E-state index in [4.69, 9.17) is 4.42 Å². The molecule has 0 bridgehead atoms. The Balaban J connectivity index is 2.00. The van der Waals surface area contributed by atoms with Crippen molar-refractivity contribution in [1.82, 2.24) is 24.8 Å². The summed E-state index contributed by atoms with van der Waals surface area (Å²) in [5.41, 5.74) is 0. The van der Waals surface area contributed by atoms with Gasteiger partial charge in [-0.2, -0.15) is 5.10 Å². The first-order valence-electron chi connectivity index (χ1n) is 6.15.